The quantitative estimate of drug-likeness (QED) is 0.0319. The lowest BCUT2D eigenvalue weighted by Gasteiger charge is -2.63. The maximum Gasteiger partial charge on any atom is 0.314 e. The molecule has 11 aliphatic rings. The SMILES string of the molecule is C=C(C)CCC[C@]1(C)OC(=O)[C@]23CC=C4C(CCC5C(C)(C)C(O[C@@H]6OC[C@@H](O[C@@H]7O[C@H](CO)[C@@H](O)[C@H](O[C@@H]8O[C@H](CO)[C@@H](O)[C@H](O)[C@H]8O)[C@H]7O)[C@H](O)[C@H]6O[C@@H]6O[C@H](C)[C@@H](O[C@@H]7O[C@H](C)[C@@H](O)[C@H](O[C@@H]8O[C@H](CO)[C@@H](O)[C@H](OC)[C@H]8O)[C@H]7O)[C@H](O)[C@H]6O)CC[C@]45C)[C@]2(C)CC(=O)[C@@H]31. The van der Waals surface area contributed by atoms with E-state index in [0.717, 1.165) is 18.4 Å². The Kier molecular flexibility index (Phi) is 22.5. The third-order valence-corrected chi connectivity index (χ3v) is 24.1. The molecule has 0 radical (unpaired) electrons. The Morgan fingerprint density at radius 2 is 1.09 bits per heavy atom. The molecule has 15 N–H and O–H groups in total. The molecule has 97 heavy (non-hydrogen) atoms. The highest BCUT2D eigenvalue weighted by molar-refractivity contribution is 5.99. The van der Waals surface area contributed by atoms with Crippen molar-refractivity contribution in [3.8, 4) is 0 Å². The third-order valence-electron chi connectivity index (χ3n) is 24.1. The number of fused-ring (bicyclic) bond motifs is 4. The fourth-order valence-electron chi connectivity index (χ4n) is 18.7. The molecule has 0 aromatic heterocycles. The van der Waals surface area contributed by atoms with Crippen LogP contribution >= 0.6 is 0 Å². The standard InChI is InChI=1S/C66H104O31/c1-25(2)12-11-17-65(9)54-30(70)20-64(8)29-13-14-35-62(5,6)36(16-18-63(35,7)28(29)15-19-66(54,64)61(83)97-65)92-60-53(41(75)34(24-85-60)91-58-48(82)52(40(74)33(23-69)89-58)95-56-44(78)42(76)38(72)31(21-67)88-56)96-55-45(79)43(77)49(27(4)87-55)93-57-47(81)51(37(71)26(3)86-57)94-59-46(80)50(84-10)39(73)32(22-68)90-59/h15,26-27,29,31-60,67-69,71-82H,1,11-14,16-24H2,2-10H3/t26-,27-,29?,31-,32-,33-,34-,35?,36?,37-,38-,39-,40-,41+,42+,43-,44-,45-,46-,47-,48-,49-,50+,51+,52+,53-,54-,55+,56+,57+,58+,59+,60+,63-,64+,65+,66-/m1/s1. The van der Waals surface area contributed by atoms with Gasteiger partial charge in [-0.3, -0.25) is 9.59 Å². The summed E-state index contributed by atoms with van der Waals surface area (Å²) in [4.78, 5) is 29.1. The number of hydrogen-bond acceptors (Lipinski definition) is 31. The molecule has 0 aromatic carbocycles. The number of hydrogen-bond donors (Lipinski definition) is 15. The molecule has 7 saturated heterocycles. The minimum Gasteiger partial charge on any atom is -0.458 e. The molecule has 0 aromatic rings. The summed E-state index contributed by atoms with van der Waals surface area (Å²) in [6.45, 7) is 16.3. The molecule has 7 aliphatic heterocycles. The molecular weight excluding hydrogens is 1290 g/mol. The van der Waals surface area contributed by atoms with Crippen molar-refractivity contribution in [2.24, 2.45) is 39.4 Å². The van der Waals surface area contributed by atoms with Gasteiger partial charge in [0.1, 0.15) is 140 Å². The number of aliphatic hydroxyl groups is 15. The first-order valence-electron chi connectivity index (χ1n) is 34.1. The molecule has 1 spiro atoms. The van der Waals surface area contributed by atoms with E-state index >= 15 is 0 Å². The molecule has 7 heterocycles. The first-order chi connectivity index (χ1) is 45.7. The number of allylic oxidation sites excluding steroid dienone is 3. The normalized spacial score (nSPS) is 52.9. The number of rotatable bonds is 20. The van der Waals surface area contributed by atoms with Crippen molar-refractivity contribution in [1.82, 2.24) is 0 Å². The van der Waals surface area contributed by atoms with Gasteiger partial charge in [-0.05, 0) is 107 Å². The molecule has 554 valence electrons. The Labute approximate surface area is 562 Å². The van der Waals surface area contributed by atoms with E-state index in [-0.39, 0.29) is 30.0 Å². The van der Waals surface area contributed by atoms with Crippen molar-refractivity contribution in [3.05, 3.63) is 23.8 Å². The number of ketones is 1. The van der Waals surface area contributed by atoms with Crippen molar-refractivity contribution >= 4 is 11.8 Å². The molecule has 11 rings (SSSR count). The Hall–Kier alpha value is -2.50. The predicted octanol–water partition coefficient (Wildman–Crippen LogP) is -3.53. The summed E-state index contributed by atoms with van der Waals surface area (Å²) < 4.78 is 84.6. The van der Waals surface area contributed by atoms with Gasteiger partial charge in [0.15, 0.2) is 37.7 Å². The van der Waals surface area contributed by atoms with Crippen LogP contribution < -0.4 is 0 Å². The Morgan fingerprint density at radius 1 is 0.567 bits per heavy atom. The molecule has 0 bridgehead atoms. The summed E-state index contributed by atoms with van der Waals surface area (Å²) in [7, 11) is 1.20. The predicted molar refractivity (Wildman–Crippen MR) is 325 cm³/mol. The van der Waals surface area contributed by atoms with E-state index in [1.54, 1.807) is 0 Å². The van der Waals surface area contributed by atoms with Gasteiger partial charge in [0.2, 0.25) is 0 Å². The van der Waals surface area contributed by atoms with Crippen molar-refractivity contribution in [2.45, 2.75) is 303 Å². The van der Waals surface area contributed by atoms with Gasteiger partial charge >= 0.3 is 5.97 Å². The van der Waals surface area contributed by atoms with Crippen LogP contribution in [0.1, 0.15) is 113 Å². The minimum absolute atomic E-state index is 0.0518. The summed E-state index contributed by atoms with van der Waals surface area (Å²) in [5.41, 5.74) is -1.59. The van der Waals surface area contributed by atoms with Crippen molar-refractivity contribution < 1.29 is 153 Å². The van der Waals surface area contributed by atoms with Gasteiger partial charge in [0.25, 0.3) is 0 Å². The maximum absolute atomic E-state index is 14.5. The van der Waals surface area contributed by atoms with Gasteiger partial charge in [0.05, 0.1) is 56.1 Å². The first-order valence-corrected chi connectivity index (χ1v) is 34.1. The molecular formula is C66H104O31. The molecule has 3 unspecified atom stereocenters. The van der Waals surface area contributed by atoms with Crippen LogP contribution in [-0.4, -0.2) is 312 Å². The van der Waals surface area contributed by atoms with Crippen LogP contribution in [0.4, 0.5) is 0 Å². The van der Waals surface area contributed by atoms with Crippen LogP contribution in [0.2, 0.25) is 0 Å². The Balaban J connectivity index is 0.831. The van der Waals surface area contributed by atoms with E-state index in [1.165, 1.54) is 26.5 Å². The highest BCUT2D eigenvalue weighted by atomic mass is 16.8. The second kappa shape index (κ2) is 28.9. The second-order valence-electron chi connectivity index (χ2n) is 30.4. The zero-order valence-corrected chi connectivity index (χ0v) is 56.3. The van der Waals surface area contributed by atoms with Gasteiger partial charge < -0.3 is 143 Å². The van der Waals surface area contributed by atoms with Crippen LogP contribution in [0.3, 0.4) is 0 Å². The number of methoxy groups -OCH3 is 1. The first kappa shape index (κ1) is 75.7. The second-order valence-corrected chi connectivity index (χ2v) is 30.4. The van der Waals surface area contributed by atoms with Crippen LogP contribution in [0.5, 0.6) is 0 Å². The lowest BCUT2D eigenvalue weighted by molar-refractivity contribution is -0.396. The fraction of sp³-hybridized carbons (Fsp3) is 0.909. The highest BCUT2D eigenvalue weighted by Gasteiger charge is 2.79. The van der Waals surface area contributed by atoms with Crippen LogP contribution in [0, 0.1) is 39.4 Å². The van der Waals surface area contributed by atoms with Gasteiger partial charge in [-0.1, -0.05) is 44.9 Å². The molecule has 37 atom stereocenters. The van der Waals surface area contributed by atoms with Gasteiger partial charge in [-0.25, -0.2) is 0 Å². The largest absolute Gasteiger partial charge is 0.458 e. The van der Waals surface area contributed by atoms with E-state index in [4.69, 9.17) is 66.3 Å². The average molecular weight is 1390 g/mol. The lowest BCUT2D eigenvalue weighted by atomic mass is 9.41. The summed E-state index contributed by atoms with van der Waals surface area (Å²) in [6.07, 6.45) is -42.5. The smallest absolute Gasteiger partial charge is 0.314 e. The zero-order valence-electron chi connectivity index (χ0n) is 56.3. The van der Waals surface area contributed by atoms with Gasteiger partial charge in [0, 0.05) is 13.5 Å². The molecule has 0 amide bonds. The monoisotopic (exact) mass is 1390 g/mol. The van der Waals surface area contributed by atoms with Crippen molar-refractivity contribution in [1.29, 1.82) is 0 Å². The highest BCUT2D eigenvalue weighted by Crippen LogP contribution is 2.75. The number of Topliss-reactive ketones (excluding diaryl/α,β-unsaturated/α-hetero) is 1. The minimum atomic E-state index is -2.04. The lowest BCUT2D eigenvalue weighted by Crippen LogP contribution is -2.67. The zero-order chi connectivity index (χ0) is 70.7. The van der Waals surface area contributed by atoms with Gasteiger partial charge in [-0.15, -0.1) is 6.58 Å². The number of carbonyl (C=O) groups is 2. The average Bonchev–Trinajstić information content (AvgIpc) is 1.52. The summed E-state index contributed by atoms with van der Waals surface area (Å²) in [5.74, 6) is -1.02. The van der Waals surface area contributed by atoms with E-state index in [2.05, 4.69) is 40.3 Å². The van der Waals surface area contributed by atoms with Crippen LogP contribution in [-0.2, 0) is 75.9 Å². The summed E-state index contributed by atoms with van der Waals surface area (Å²) in [6, 6.07) is 0. The number of aliphatic hydroxyl groups excluding tert-OH is 15. The number of esters is 1. The van der Waals surface area contributed by atoms with Gasteiger partial charge in [-0.2, -0.15) is 0 Å². The molecule has 4 aliphatic carbocycles. The van der Waals surface area contributed by atoms with Crippen molar-refractivity contribution in [2.75, 3.05) is 33.5 Å². The maximum atomic E-state index is 14.5. The number of carbonyl (C=O) groups excluding carboxylic acids is 2. The van der Waals surface area contributed by atoms with Crippen LogP contribution in [0.25, 0.3) is 0 Å². The Morgan fingerprint density at radius 3 is 1.71 bits per heavy atom. The third kappa shape index (κ3) is 13.0. The number of ether oxygens (including phenoxy) is 14. The molecule has 3 saturated carbocycles. The van der Waals surface area contributed by atoms with Crippen molar-refractivity contribution in [3.63, 3.8) is 0 Å². The van der Waals surface area contributed by atoms with E-state index < -0.39 is 244 Å². The molecule has 31 heteroatoms. The topological polar surface area (TPSA) is 467 Å². The molecule has 10 fully saturated rings. The van der Waals surface area contributed by atoms with E-state index in [0.29, 0.717) is 38.5 Å². The summed E-state index contributed by atoms with van der Waals surface area (Å²) >= 11 is 0. The van der Waals surface area contributed by atoms with E-state index in [9.17, 15) is 86.2 Å². The van der Waals surface area contributed by atoms with Crippen LogP contribution in [0.15, 0.2) is 23.8 Å². The Bertz CT molecular complexity index is 2800. The summed E-state index contributed by atoms with van der Waals surface area (Å²) in [5, 5.41) is 166. The van der Waals surface area contributed by atoms with E-state index in [1.807, 2.05) is 13.8 Å². The number of cyclic esters (lactones) is 1. The molecule has 31 nitrogen and oxygen atoms in total. The fourth-order valence-corrected chi connectivity index (χ4v) is 18.7.